The Morgan fingerprint density at radius 1 is 1.04 bits per heavy atom. The Morgan fingerprint density at radius 3 is 2.77 bits per heavy atom. The predicted molar refractivity (Wildman–Crippen MR) is 109 cm³/mol. The number of ether oxygens (including phenoxy) is 1. The highest BCUT2D eigenvalue weighted by molar-refractivity contribution is 5.82. The highest BCUT2D eigenvalue weighted by atomic mass is 16.5. The summed E-state index contributed by atoms with van der Waals surface area (Å²) in [7, 11) is 0. The van der Waals surface area contributed by atoms with Crippen molar-refractivity contribution in [3.63, 3.8) is 0 Å². The van der Waals surface area contributed by atoms with Gasteiger partial charge in [0.1, 0.15) is 0 Å². The molecule has 2 aliphatic heterocycles. The van der Waals surface area contributed by atoms with Gasteiger partial charge in [-0.05, 0) is 74.3 Å². The number of fused-ring (bicyclic) bond motifs is 2. The molecule has 1 saturated heterocycles. The molecule has 0 N–H and O–H groups in total. The van der Waals surface area contributed by atoms with Crippen LogP contribution in [0.3, 0.4) is 0 Å². The first-order valence-corrected chi connectivity index (χ1v) is 10.8. The van der Waals surface area contributed by atoms with Crippen LogP contribution >= 0.6 is 0 Å². The fourth-order valence-electron chi connectivity index (χ4n) is 5.33. The molecule has 0 saturated carbocycles. The summed E-state index contributed by atoms with van der Waals surface area (Å²) in [4.78, 5) is 5.00. The highest BCUT2D eigenvalue weighted by Crippen LogP contribution is 2.44. The maximum absolute atomic E-state index is 6.44. The van der Waals surface area contributed by atoms with Crippen LogP contribution in [0.25, 0.3) is 0 Å². The van der Waals surface area contributed by atoms with Crippen LogP contribution in [-0.2, 0) is 4.74 Å². The molecule has 4 unspecified atom stereocenters. The fourth-order valence-corrected chi connectivity index (χ4v) is 5.33. The molecule has 0 spiro atoms. The van der Waals surface area contributed by atoms with E-state index in [9.17, 15) is 0 Å². The maximum Gasteiger partial charge on any atom is 0.0873 e. The second-order valence-electron chi connectivity index (χ2n) is 8.33. The van der Waals surface area contributed by atoms with E-state index in [2.05, 4.69) is 43.5 Å². The van der Waals surface area contributed by atoms with Crippen molar-refractivity contribution >= 4 is 6.21 Å². The van der Waals surface area contributed by atoms with Crippen molar-refractivity contribution in [1.82, 2.24) is 0 Å². The van der Waals surface area contributed by atoms with Crippen LogP contribution in [0.15, 0.2) is 46.5 Å². The molecule has 0 amide bonds. The molecule has 26 heavy (non-hydrogen) atoms. The smallest absolute Gasteiger partial charge is 0.0873 e. The van der Waals surface area contributed by atoms with E-state index in [4.69, 9.17) is 9.73 Å². The number of nitrogens with zero attached hydrogens (tertiary/aromatic N) is 1. The van der Waals surface area contributed by atoms with Crippen molar-refractivity contribution < 1.29 is 4.74 Å². The van der Waals surface area contributed by atoms with Gasteiger partial charge in [-0.25, -0.2) is 0 Å². The summed E-state index contributed by atoms with van der Waals surface area (Å²) in [5.74, 6) is 1.23. The summed E-state index contributed by atoms with van der Waals surface area (Å²) >= 11 is 0. The molecule has 1 aliphatic carbocycles. The standard InChI is InChI=1S/C24H33NO/c1-2-8-20-15-14-19-11-6-12-21(18-9-4-3-5-10-18)22-13-7-16-26-24(22)23(19)17-25-20/h3-5,9-10,17,20-22,24H,2,6-8,11-16H2,1H3. The van der Waals surface area contributed by atoms with Crippen molar-refractivity contribution in [1.29, 1.82) is 0 Å². The molecule has 1 aromatic carbocycles. The van der Waals surface area contributed by atoms with Gasteiger partial charge in [0.25, 0.3) is 0 Å². The molecule has 1 aromatic rings. The van der Waals surface area contributed by atoms with Crippen LogP contribution in [0.4, 0.5) is 0 Å². The van der Waals surface area contributed by atoms with Gasteiger partial charge in [-0.3, -0.25) is 4.99 Å². The average molecular weight is 352 g/mol. The lowest BCUT2D eigenvalue weighted by molar-refractivity contribution is -0.0127. The minimum absolute atomic E-state index is 0.258. The molecule has 2 heteroatoms. The zero-order chi connectivity index (χ0) is 17.8. The Kier molecular flexibility index (Phi) is 5.89. The molecule has 0 aromatic heterocycles. The van der Waals surface area contributed by atoms with E-state index >= 15 is 0 Å². The second kappa shape index (κ2) is 8.52. The number of benzene rings is 1. The Labute approximate surface area is 158 Å². The number of rotatable bonds is 3. The summed E-state index contributed by atoms with van der Waals surface area (Å²) < 4.78 is 6.44. The molecule has 0 radical (unpaired) electrons. The lowest BCUT2D eigenvalue weighted by atomic mass is 9.71. The number of hydrogen-bond donors (Lipinski definition) is 0. The van der Waals surface area contributed by atoms with Crippen molar-refractivity contribution in [2.45, 2.75) is 82.8 Å². The normalized spacial score (nSPS) is 32.2. The van der Waals surface area contributed by atoms with Gasteiger partial charge in [-0.15, -0.1) is 0 Å². The molecule has 3 aliphatic rings. The summed E-state index contributed by atoms with van der Waals surface area (Å²) in [6, 6.07) is 11.7. The zero-order valence-electron chi connectivity index (χ0n) is 16.2. The third-order valence-corrected chi connectivity index (χ3v) is 6.65. The van der Waals surface area contributed by atoms with Crippen molar-refractivity contribution in [2.24, 2.45) is 10.9 Å². The van der Waals surface area contributed by atoms with Crippen LogP contribution in [0.1, 0.15) is 76.2 Å². The van der Waals surface area contributed by atoms with Crippen molar-refractivity contribution in [2.75, 3.05) is 6.61 Å². The van der Waals surface area contributed by atoms with E-state index in [0.717, 1.165) is 6.61 Å². The second-order valence-corrected chi connectivity index (χ2v) is 8.33. The number of hydrogen-bond acceptors (Lipinski definition) is 2. The fraction of sp³-hybridized carbons (Fsp3) is 0.625. The Morgan fingerprint density at radius 2 is 1.92 bits per heavy atom. The predicted octanol–water partition coefficient (Wildman–Crippen LogP) is 6.08. The van der Waals surface area contributed by atoms with E-state index in [-0.39, 0.29) is 6.10 Å². The van der Waals surface area contributed by atoms with Gasteiger partial charge in [-0.2, -0.15) is 0 Å². The Hall–Kier alpha value is -1.41. The van der Waals surface area contributed by atoms with Crippen LogP contribution in [0.5, 0.6) is 0 Å². The van der Waals surface area contributed by atoms with Crippen LogP contribution in [0.2, 0.25) is 0 Å². The summed E-state index contributed by atoms with van der Waals surface area (Å²) in [5, 5.41) is 0. The van der Waals surface area contributed by atoms with Crippen LogP contribution in [-0.4, -0.2) is 25.0 Å². The number of aliphatic imine (C=N–C) groups is 1. The Bertz CT molecular complexity index is 647. The van der Waals surface area contributed by atoms with E-state index in [1.807, 2.05) is 0 Å². The lowest BCUT2D eigenvalue weighted by Crippen LogP contribution is -2.37. The first kappa shape index (κ1) is 18.0. The van der Waals surface area contributed by atoms with Crippen molar-refractivity contribution in [3.8, 4) is 0 Å². The number of allylic oxidation sites excluding steroid dienone is 1. The summed E-state index contributed by atoms with van der Waals surface area (Å²) in [5.41, 5.74) is 4.61. The van der Waals surface area contributed by atoms with Gasteiger partial charge < -0.3 is 4.74 Å². The average Bonchev–Trinajstić information content (AvgIpc) is 2.87. The zero-order valence-corrected chi connectivity index (χ0v) is 16.2. The monoisotopic (exact) mass is 351 g/mol. The molecule has 2 heterocycles. The molecule has 2 nitrogen and oxygen atoms in total. The van der Waals surface area contributed by atoms with Gasteiger partial charge in [-0.1, -0.05) is 49.2 Å². The highest BCUT2D eigenvalue weighted by Gasteiger charge is 2.37. The minimum Gasteiger partial charge on any atom is -0.373 e. The van der Waals surface area contributed by atoms with Crippen LogP contribution < -0.4 is 0 Å². The molecule has 140 valence electrons. The van der Waals surface area contributed by atoms with Crippen molar-refractivity contribution in [3.05, 3.63) is 47.0 Å². The quantitative estimate of drug-likeness (QED) is 0.647. The van der Waals surface area contributed by atoms with Gasteiger partial charge in [0, 0.05) is 12.8 Å². The maximum atomic E-state index is 6.44. The largest absolute Gasteiger partial charge is 0.373 e. The lowest BCUT2D eigenvalue weighted by Gasteiger charge is -2.40. The molecular formula is C24H33NO. The van der Waals surface area contributed by atoms with Gasteiger partial charge in [0.05, 0.1) is 12.1 Å². The van der Waals surface area contributed by atoms with E-state index in [0.29, 0.717) is 17.9 Å². The van der Waals surface area contributed by atoms with Gasteiger partial charge in [0.2, 0.25) is 0 Å². The molecule has 0 bridgehead atoms. The first-order valence-electron chi connectivity index (χ1n) is 10.8. The topological polar surface area (TPSA) is 21.6 Å². The summed E-state index contributed by atoms with van der Waals surface area (Å²) in [6.07, 6.45) is 13.7. The molecule has 4 atom stereocenters. The minimum atomic E-state index is 0.258. The Balaban J connectivity index is 1.66. The first-order chi connectivity index (χ1) is 12.9. The molecular weight excluding hydrogens is 318 g/mol. The van der Waals surface area contributed by atoms with E-state index < -0.39 is 0 Å². The van der Waals surface area contributed by atoms with E-state index in [1.54, 1.807) is 5.57 Å². The molecule has 1 fully saturated rings. The van der Waals surface area contributed by atoms with E-state index in [1.165, 1.54) is 68.9 Å². The van der Waals surface area contributed by atoms with Crippen LogP contribution in [0, 0.1) is 5.92 Å². The van der Waals surface area contributed by atoms with Gasteiger partial charge >= 0.3 is 0 Å². The summed E-state index contributed by atoms with van der Waals surface area (Å²) in [6.45, 7) is 3.18. The third kappa shape index (κ3) is 3.81. The SMILES string of the molecule is CCCC1CCC2=C(C=N1)C1OCCCC1C(c1ccccc1)CCC2. The molecule has 4 rings (SSSR count). The van der Waals surface area contributed by atoms with Gasteiger partial charge in [0.15, 0.2) is 0 Å². The third-order valence-electron chi connectivity index (χ3n) is 6.65.